The van der Waals surface area contributed by atoms with Gasteiger partial charge in [0.15, 0.2) is 11.5 Å². The molecule has 0 aliphatic carbocycles. The van der Waals surface area contributed by atoms with E-state index in [1.807, 2.05) is 6.92 Å². The van der Waals surface area contributed by atoms with Crippen LogP contribution in [0, 0.1) is 17.0 Å². The Morgan fingerprint density at radius 3 is 2.30 bits per heavy atom. The van der Waals surface area contributed by atoms with Crippen molar-refractivity contribution < 1.29 is 28.7 Å². The van der Waals surface area contributed by atoms with Gasteiger partial charge in [-0.2, -0.15) is 0 Å². The summed E-state index contributed by atoms with van der Waals surface area (Å²) in [6.07, 6.45) is 0. The maximum absolute atomic E-state index is 12.9. The van der Waals surface area contributed by atoms with Crippen molar-refractivity contribution >= 4 is 33.9 Å². The number of nitro groups is 1. The molecule has 0 unspecified atom stereocenters. The Kier molecular flexibility index (Phi) is 7.29. The van der Waals surface area contributed by atoms with E-state index < -0.39 is 16.8 Å². The third-order valence-electron chi connectivity index (χ3n) is 4.80. The lowest BCUT2D eigenvalue weighted by atomic mass is 10.0. The van der Waals surface area contributed by atoms with E-state index in [2.05, 4.69) is 5.32 Å². The quantitative estimate of drug-likeness (QED) is 0.277. The van der Waals surface area contributed by atoms with Crippen molar-refractivity contribution in [2.24, 2.45) is 0 Å². The first-order valence-corrected chi connectivity index (χ1v) is 10.7. The van der Waals surface area contributed by atoms with Crippen molar-refractivity contribution in [3.63, 3.8) is 0 Å². The highest BCUT2D eigenvalue weighted by Crippen LogP contribution is 2.43. The molecule has 0 aliphatic heterocycles. The Hall–Kier alpha value is -3.92. The number of thiophene rings is 1. The number of nitro benzene ring substituents is 1. The topological polar surface area (TPSA) is 117 Å². The molecule has 3 aromatic rings. The second-order valence-electron chi connectivity index (χ2n) is 6.79. The fourth-order valence-corrected chi connectivity index (χ4v) is 4.34. The van der Waals surface area contributed by atoms with Gasteiger partial charge < -0.3 is 19.5 Å². The van der Waals surface area contributed by atoms with Gasteiger partial charge in [-0.05, 0) is 43.7 Å². The number of hydrogen-bond donors (Lipinski definition) is 1. The molecule has 0 radical (unpaired) electrons. The first kappa shape index (κ1) is 23.7. The first-order chi connectivity index (χ1) is 15.8. The van der Waals surface area contributed by atoms with Crippen LogP contribution >= 0.6 is 11.3 Å². The van der Waals surface area contributed by atoms with E-state index in [1.54, 1.807) is 25.1 Å². The molecule has 0 atom stereocenters. The Labute approximate surface area is 194 Å². The Bertz CT molecular complexity index is 1200. The summed E-state index contributed by atoms with van der Waals surface area (Å²) in [6, 6.07) is 10.5. The summed E-state index contributed by atoms with van der Waals surface area (Å²) in [4.78, 5) is 36.8. The largest absolute Gasteiger partial charge is 0.493 e. The highest BCUT2D eigenvalue weighted by molar-refractivity contribution is 7.17. The molecule has 3 rings (SSSR count). The molecule has 0 saturated heterocycles. The lowest BCUT2D eigenvalue weighted by Crippen LogP contribution is -2.14. The van der Waals surface area contributed by atoms with Crippen LogP contribution in [0.5, 0.6) is 11.5 Å². The van der Waals surface area contributed by atoms with E-state index in [0.29, 0.717) is 27.6 Å². The van der Waals surface area contributed by atoms with Crippen LogP contribution in [0.1, 0.15) is 32.5 Å². The monoisotopic (exact) mass is 470 g/mol. The van der Waals surface area contributed by atoms with Crippen LogP contribution < -0.4 is 14.8 Å². The number of carbonyl (C=O) groups is 2. The molecule has 10 heteroatoms. The van der Waals surface area contributed by atoms with Gasteiger partial charge in [-0.25, -0.2) is 4.79 Å². The molecule has 0 fully saturated rings. The van der Waals surface area contributed by atoms with Crippen LogP contribution in [0.4, 0.5) is 10.7 Å². The normalized spacial score (nSPS) is 10.4. The number of rotatable bonds is 8. The number of hydrogen-bond acceptors (Lipinski definition) is 8. The molecule has 1 heterocycles. The van der Waals surface area contributed by atoms with E-state index in [1.165, 1.54) is 49.8 Å². The standard InChI is InChI=1S/C23H22N2O7S/c1-5-32-23(27)20-19(15-8-11-17(30-3)18(12-15)31-4)13(2)33-22(20)24-21(26)14-6-9-16(10-7-14)25(28)29/h6-12H,5H2,1-4H3,(H,24,26). The third-order valence-corrected chi connectivity index (χ3v) is 5.82. The minimum atomic E-state index is -0.578. The number of esters is 1. The summed E-state index contributed by atoms with van der Waals surface area (Å²) < 4.78 is 15.9. The van der Waals surface area contributed by atoms with E-state index >= 15 is 0 Å². The minimum absolute atomic E-state index is 0.124. The van der Waals surface area contributed by atoms with Gasteiger partial charge in [0.1, 0.15) is 10.6 Å². The SMILES string of the molecule is CCOC(=O)c1c(NC(=O)c2ccc([N+](=O)[O-])cc2)sc(C)c1-c1ccc(OC)c(OC)c1. The van der Waals surface area contributed by atoms with Crippen LogP contribution in [0.25, 0.3) is 11.1 Å². The van der Waals surface area contributed by atoms with Gasteiger partial charge in [-0.3, -0.25) is 14.9 Å². The number of nitrogens with one attached hydrogen (secondary N) is 1. The summed E-state index contributed by atoms with van der Waals surface area (Å²) in [5.74, 6) is -0.0495. The summed E-state index contributed by atoms with van der Waals surface area (Å²) in [7, 11) is 3.05. The number of ether oxygens (including phenoxy) is 3. The fraction of sp³-hybridized carbons (Fsp3) is 0.217. The lowest BCUT2D eigenvalue weighted by Gasteiger charge is -2.12. The Morgan fingerprint density at radius 1 is 1.06 bits per heavy atom. The summed E-state index contributed by atoms with van der Waals surface area (Å²) in [6.45, 7) is 3.69. The average Bonchev–Trinajstić information content (AvgIpc) is 3.14. The Morgan fingerprint density at radius 2 is 1.73 bits per heavy atom. The lowest BCUT2D eigenvalue weighted by molar-refractivity contribution is -0.384. The molecule has 33 heavy (non-hydrogen) atoms. The number of benzene rings is 2. The number of non-ortho nitro benzene ring substituents is 1. The van der Waals surface area contributed by atoms with Crippen LogP contribution in [-0.4, -0.2) is 37.6 Å². The van der Waals surface area contributed by atoms with Gasteiger partial charge in [0.05, 0.1) is 25.7 Å². The maximum atomic E-state index is 12.9. The number of nitrogens with zero attached hydrogens (tertiary/aromatic N) is 1. The third kappa shape index (κ3) is 4.96. The van der Waals surface area contributed by atoms with Crippen LogP contribution in [-0.2, 0) is 4.74 Å². The number of aryl methyl sites for hydroxylation is 1. The van der Waals surface area contributed by atoms with Gasteiger partial charge in [-0.15, -0.1) is 11.3 Å². The summed E-state index contributed by atoms with van der Waals surface area (Å²) >= 11 is 1.23. The molecule has 1 amide bonds. The Balaban J connectivity index is 2.05. The molecule has 2 aromatic carbocycles. The second kappa shape index (κ2) is 10.1. The average molecular weight is 471 g/mol. The number of carbonyl (C=O) groups excluding carboxylic acids is 2. The molecule has 9 nitrogen and oxygen atoms in total. The predicted molar refractivity (Wildman–Crippen MR) is 125 cm³/mol. The van der Waals surface area contributed by atoms with Gasteiger partial charge in [-0.1, -0.05) is 6.07 Å². The predicted octanol–water partition coefficient (Wildman–Crippen LogP) is 5.08. The first-order valence-electron chi connectivity index (χ1n) is 9.89. The molecule has 0 saturated carbocycles. The number of methoxy groups -OCH3 is 2. The highest BCUT2D eigenvalue weighted by Gasteiger charge is 2.26. The molecule has 1 N–H and O–H groups in total. The summed E-state index contributed by atoms with van der Waals surface area (Å²) in [5.41, 5.74) is 1.62. The van der Waals surface area contributed by atoms with Crippen molar-refractivity contribution in [1.29, 1.82) is 0 Å². The van der Waals surface area contributed by atoms with E-state index in [-0.39, 0.29) is 23.4 Å². The molecular formula is C23H22N2O7S. The van der Waals surface area contributed by atoms with Gasteiger partial charge in [0.25, 0.3) is 11.6 Å². The fourth-order valence-electron chi connectivity index (χ4n) is 3.28. The molecular weight excluding hydrogens is 448 g/mol. The maximum Gasteiger partial charge on any atom is 0.341 e. The van der Waals surface area contributed by atoms with Crippen molar-refractivity contribution in [1.82, 2.24) is 0 Å². The van der Waals surface area contributed by atoms with Crippen LogP contribution in [0.3, 0.4) is 0 Å². The molecule has 1 aromatic heterocycles. The van der Waals surface area contributed by atoms with Gasteiger partial charge >= 0.3 is 5.97 Å². The highest BCUT2D eigenvalue weighted by atomic mass is 32.1. The molecule has 172 valence electrons. The number of anilines is 1. The van der Waals surface area contributed by atoms with Crippen LogP contribution in [0.15, 0.2) is 42.5 Å². The van der Waals surface area contributed by atoms with Crippen molar-refractivity contribution in [3.05, 3.63) is 68.6 Å². The van der Waals surface area contributed by atoms with Crippen molar-refractivity contribution in [2.45, 2.75) is 13.8 Å². The van der Waals surface area contributed by atoms with Gasteiger partial charge in [0, 0.05) is 28.1 Å². The van der Waals surface area contributed by atoms with E-state index in [4.69, 9.17) is 14.2 Å². The zero-order valence-corrected chi connectivity index (χ0v) is 19.3. The van der Waals surface area contributed by atoms with E-state index in [0.717, 1.165) is 4.88 Å². The molecule has 0 aliphatic rings. The van der Waals surface area contributed by atoms with Crippen molar-refractivity contribution in [3.8, 4) is 22.6 Å². The zero-order chi connectivity index (χ0) is 24.1. The molecule has 0 bridgehead atoms. The molecule has 0 spiro atoms. The smallest absolute Gasteiger partial charge is 0.341 e. The van der Waals surface area contributed by atoms with Crippen molar-refractivity contribution in [2.75, 3.05) is 26.1 Å². The van der Waals surface area contributed by atoms with E-state index in [9.17, 15) is 19.7 Å². The zero-order valence-electron chi connectivity index (χ0n) is 18.5. The van der Waals surface area contributed by atoms with Gasteiger partial charge in [0.2, 0.25) is 0 Å². The minimum Gasteiger partial charge on any atom is -0.493 e. The van der Waals surface area contributed by atoms with Crippen LogP contribution in [0.2, 0.25) is 0 Å². The number of amides is 1. The second-order valence-corrected chi connectivity index (χ2v) is 8.01. The summed E-state index contributed by atoms with van der Waals surface area (Å²) in [5, 5.41) is 13.9.